The first-order valence-corrected chi connectivity index (χ1v) is 8.99. The van der Waals surface area contributed by atoms with Crippen LogP contribution in [0.15, 0.2) is 83.8 Å². The summed E-state index contributed by atoms with van der Waals surface area (Å²) in [6, 6.07) is 22.1. The van der Waals surface area contributed by atoms with Crippen LogP contribution in [0.4, 0.5) is 10.1 Å². The second-order valence-electron chi connectivity index (χ2n) is 5.54. The minimum absolute atomic E-state index is 0.00943. The normalized spacial score (nSPS) is 10.3. The number of thioether (sulfide) groups is 1. The molecule has 0 aliphatic rings. The summed E-state index contributed by atoms with van der Waals surface area (Å²) in [6.07, 6.45) is 0. The van der Waals surface area contributed by atoms with E-state index in [0.717, 1.165) is 4.90 Å². The predicted octanol–water partition coefficient (Wildman–Crippen LogP) is 5.05. The number of benzene rings is 3. The van der Waals surface area contributed by atoms with Crippen molar-refractivity contribution in [3.05, 3.63) is 95.8 Å². The average molecular weight is 365 g/mol. The average Bonchev–Trinajstić information content (AvgIpc) is 2.67. The van der Waals surface area contributed by atoms with Crippen LogP contribution in [-0.2, 0) is 0 Å². The summed E-state index contributed by atoms with van der Waals surface area (Å²) in [4.78, 5) is 25.2. The lowest BCUT2D eigenvalue weighted by atomic mass is 10.2. The van der Waals surface area contributed by atoms with Gasteiger partial charge in [-0.25, -0.2) is 4.39 Å². The standard InChI is InChI=1S/C21H16FNO2S/c22-19-12-5-4-11-18(19)21(25)23-16-9-6-10-17(13-16)26-14-20(24)15-7-2-1-3-8-15/h1-13H,14H2,(H,23,25). The van der Waals surface area contributed by atoms with E-state index in [1.165, 1.54) is 30.0 Å². The highest BCUT2D eigenvalue weighted by Crippen LogP contribution is 2.23. The molecular formula is C21H16FNO2S. The van der Waals surface area contributed by atoms with Crippen molar-refractivity contribution < 1.29 is 14.0 Å². The fourth-order valence-corrected chi connectivity index (χ4v) is 3.21. The maximum Gasteiger partial charge on any atom is 0.258 e. The summed E-state index contributed by atoms with van der Waals surface area (Å²) in [7, 11) is 0. The minimum atomic E-state index is -0.566. The molecule has 0 heterocycles. The van der Waals surface area contributed by atoms with Gasteiger partial charge in [0, 0.05) is 16.1 Å². The first-order chi connectivity index (χ1) is 12.6. The monoisotopic (exact) mass is 365 g/mol. The van der Waals surface area contributed by atoms with Gasteiger partial charge >= 0.3 is 0 Å². The second-order valence-corrected chi connectivity index (χ2v) is 6.59. The molecule has 0 saturated heterocycles. The molecule has 1 amide bonds. The quantitative estimate of drug-likeness (QED) is 0.491. The molecule has 3 aromatic rings. The molecule has 130 valence electrons. The number of halogens is 1. The van der Waals surface area contributed by atoms with E-state index in [1.54, 1.807) is 36.4 Å². The number of anilines is 1. The van der Waals surface area contributed by atoms with Gasteiger partial charge in [0.25, 0.3) is 5.91 Å². The zero-order valence-corrected chi connectivity index (χ0v) is 14.6. The van der Waals surface area contributed by atoms with Crippen LogP contribution in [0, 0.1) is 5.82 Å². The molecule has 3 rings (SSSR count). The van der Waals surface area contributed by atoms with Gasteiger partial charge in [-0.2, -0.15) is 0 Å². The summed E-state index contributed by atoms with van der Waals surface area (Å²) >= 11 is 1.39. The van der Waals surface area contributed by atoms with Crippen LogP contribution in [0.5, 0.6) is 0 Å². The molecule has 0 bridgehead atoms. The zero-order chi connectivity index (χ0) is 18.4. The highest BCUT2D eigenvalue weighted by Gasteiger charge is 2.11. The Hall–Kier alpha value is -2.92. The molecule has 3 aromatic carbocycles. The highest BCUT2D eigenvalue weighted by atomic mass is 32.2. The van der Waals surface area contributed by atoms with Gasteiger partial charge in [-0.3, -0.25) is 9.59 Å². The van der Waals surface area contributed by atoms with E-state index in [9.17, 15) is 14.0 Å². The van der Waals surface area contributed by atoms with Crippen LogP contribution in [0.3, 0.4) is 0 Å². The maximum atomic E-state index is 13.7. The van der Waals surface area contributed by atoms with Gasteiger partial charge in [-0.05, 0) is 30.3 Å². The minimum Gasteiger partial charge on any atom is -0.322 e. The predicted molar refractivity (Wildman–Crippen MR) is 102 cm³/mol. The topological polar surface area (TPSA) is 46.2 Å². The molecule has 0 aromatic heterocycles. The lowest BCUT2D eigenvalue weighted by Crippen LogP contribution is -2.13. The Kier molecular flexibility index (Phi) is 5.81. The number of Topliss-reactive ketones (excluding diaryl/α,β-unsaturated/α-hetero) is 1. The van der Waals surface area contributed by atoms with Crippen molar-refractivity contribution in [2.75, 3.05) is 11.1 Å². The van der Waals surface area contributed by atoms with Crippen LogP contribution in [0.1, 0.15) is 20.7 Å². The van der Waals surface area contributed by atoms with Crippen LogP contribution < -0.4 is 5.32 Å². The molecule has 0 atom stereocenters. The fourth-order valence-electron chi connectivity index (χ4n) is 2.36. The van der Waals surface area contributed by atoms with E-state index < -0.39 is 11.7 Å². The van der Waals surface area contributed by atoms with E-state index in [2.05, 4.69) is 5.32 Å². The first kappa shape index (κ1) is 17.9. The number of carbonyl (C=O) groups excluding carboxylic acids is 2. The summed E-state index contributed by atoms with van der Waals surface area (Å²) in [5.74, 6) is -0.736. The van der Waals surface area contributed by atoms with Crippen LogP contribution in [-0.4, -0.2) is 17.4 Å². The zero-order valence-electron chi connectivity index (χ0n) is 13.8. The summed E-state index contributed by atoms with van der Waals surface area (Å²) in [5, 5.41) is 2.68. The van der Waals surface area contributed by atoms with Gasteiger partial charge in [-0.15, -0.1) is 11.8 Å². The van der Waals surface area contributed by atoms with E-state index in [0.29, 0.717) is 17.0 Å². The number of rotatable bonds is 6. The van der Waals surface area contributed by atoms with Gasteiger partial charge in [0.1, 0.15) is 5.82 Å². The third kappa shape index (κ3) is 4.58. The molecule has 5 heteroatoms. The van der Waals surface area contributed by atoms with Gasteiger partial charge < -0.3 is 5.32 Å². The number of hydrogen-bond donors (Lipinski definition) is 1. The second kappa shape index (κ2) is 8.45. The van der Waals surface area contributed by atoms with Gasteiger partial charge in [0.2, 0.25) is 0 Å². The highest BCUT2D eigenvalue weighted by molar-refractivity contribution is 8.00. The molecule has 0 unspecified atom stereocenters. The fraction of sp³-hybridized carbons (Fsp3) is 0.0476. The number of amides is 1. The number of nitrogens with one attached hydrogen (secondary N) is 1. The Morgan fingerprint density at radius 1 is 0.885 bits per heavy atom. The first-order valence-electron chi connectivity index (χ1n) is 8.00. The Bertz CT molecular complexity index is 928. The van der Waals surface area contributed by atoms with Crippen molar-refractivity contribution in [3.8, 4) is 0 Å². The summed E-state index contributed by atoms with van der Waals surface area (Å²) in [6.45, 7) is 0. The molecule has 0 aliphatic heterocycles. The lowest BCUT2D eigenvalue weighted by molar-refractivity contribution is 0.101. The van der Waals surface area contributed by atoms with E-state index in [-0.39, 0.29) is 11.3 Å². The Balaban J connectivity index is 1.64. The van der Waals surface area contributed by atoms with Crippen molar-refractivity contribution in [1.82, 2.24) is 0 Å². The Morgan fingerprint density at radius 2 is 1.62 bits per heavy atom. The van der Waals surface area contributed by atoms with Crippen molar-refractivity contribution in [2.24, 2.45) is 0 Å². The molecule has 1 N–H and O–H groups in total. The molecule has 0 radical (unpaired) electrons. The lowest BCUT2D eigenvalue weighted by Gasteiger charge is -2.08. The van der Waals surface area contributed by atoms with Crippen LogP contribution in [0.2, 0.25) is 0 Å². The van der Waals surface area contributed by atoms with E-state index in [4.69, 9.17) is 0 Å². The van der Waals surface area contributed by atoms with Gasteiger partial charge in [0.05, 0.1) is 11.3 Å². The molecule has 0 spiro atoms. The van der Waals surface area contributed by atoms with Gasteiger partial charge in [0.15, 0.2) is 5.78 Å². The van der Waals surface area contributed by atoms with E-state index >= 15 is 0 Å². The molecule has 0 aliphatic carbocycles. The summed E-state index contributed by atoms with van der Waals surface area (Å²) < 4.78 is 13.7. The van der Waals surface area contributed by atoms with Crippen LogP contribution in [0.25, 0.3) is 0 Å². The smallest absolute Gasteiger partial charge is 0.258 e. The summed E-state index contributed by atoms with van der Waals surface area (Å²) in [5.41, 5.74) is 1.21. The van der Waals surface area contributed by atoms with Crippen molar-refractivity contribution in [3.63, 3.8) is 0 Å². The number of carbonyl (C=O) groups is 2. The molecule has 0 fully saturated rings. The SMILES string of the molecule is O=C(CSc1cccc(NC(=O)c2ccccc2F)c1)c1ccccc1. The Labute approximate surface area is 155 Å². The largest absolute Gasteiger partial charge is 0.322 e. The van der Waals surface area contributed by atoms with Gasteiger partial charge in [-0.1, -0.05) is 48.5 Å². The third-order valence-corrected chi connectivity index (χ3v) is 4.67. The molecule has 0 saturated carbocycles. The molecule has 3 nitrogen and oxygen atoms in total. The van der Waals surface area contributed by atoms with Crippen LogP contribution >= 0.6 is 11.8 Å². The third-order valence-electron chi connectivity index (χ3n) is 3.68. The van der Waals surface area contributed by atoms with E-state index in [1.807, 2.05) is 24.3 Å². The molecule has 26 heavy (non-hydrogen) atoms. The van der Waals surface area contributed by atoms with Crippen molar-refractivity contribution >= 4 is 29.1 Å². The molecular weight excluding hydrogens is 349 g/mol. The number of hydrogen-bond acceptors (Lipinski definition) is 3. The van der Waals surface area contributed by atoms with Crippen molar-refractivity contribution in [1.29, 1.82) is 0 Å². The number of ketones is 1. The van der Waals surface area contributed by atoms with Crippen molar-refractivity contribution in [2.45, 2.75) is 4.90 Å². The Morgan fingerprint density at radius 3 is 2.38 bits per heavy atom. The maximum absolute atomic E-state index is 13.7.